The van der Waals surface area contributed by atoms with Crippen LogP contribution in [0, 0.1) is 0 Å². The summed E-state index contributed by atoms with van der Waals surface area (Å²) >= 11 is 0. The first-order valence-corrected chi connectivity index (χ1v) is 9.91. The van der Waals surface area contributed by atoms with Gasteiger partial charge in [0, 0.05) is 6.42 Å². The Kier molecular flexibility index (Phi) is 11.1. The van der Waals surface area contributed by atoms with E-state index in [2.05, 4.69) is 0 Å². The monoisotopic (exact) mass is 460 g/mol. The van der Waals surface area contributed by atoms with Gasteiger partial charge in [-0.3, -0.25) is 9.59 Å². The van der Waals surface area contributed by atoms with Gasteiger partial charge in [0.25, 0.3) is 0 Å². The Balaban J connectivity index is 0.000000461. The van der Waals surface area contributed by atoms with Gasteiger partial charge in [0.05, 0.1) is 40.2 Å². The predicted molar refractivity (Wildman–Crippen MR) is 128 cm³/mol. The Labute approximate surface area is 193 Å². The first kappa shape index (κ1) is 27.1. The van der Waals surface area contributed by atoms with Crippen LogP contribution in [0.25, 0.3) is 12.2 Å². The first-order chi connectivity index (χ1) is 15.7. The Morgan fingerprint density at radius 1 is 0.848 bits per heavy atom. The molecule has 2 rings (SSSR count). The van der Waals surface area contributed by atoms with Crippen LogP contribution in [0.3, 0.4) is 0 Å². The molecule has 0 fully saturated rings. The largest absolute Gasteiger partial charge is 0.495 e. The van der Waals surface area contributed by atoms with E-state index < -0.39 is 17.9 Å². The highest BCUT2D eigenvalue weighted by Crippen LogP contribution is 2.38. The average molecular weight is 461 g/mol. The quantitative estimate of drug-likeness (QED) is 0.305. The molecule has 2 aromatic carbocycles. The molecule has 10 heteroatoms. The Morgan fingerprint density at radius 3 is 1.82 bits per heavy atom. The molecule has 0 radical (unpaired) electrons. The molecule has 0 aromatic heterocycles. The molecule has 180 valence electrons. The molecule has 33 heavy (non-hydrogen) atoms. The molecule has 2 aromatic rings. The third-order valence-electron chi connectivity index (χ3n) is 4.48. The molecule has 0 aliphatic heterocycles. The van der Waals surface area contributed by atoms with Crippen molar-refractivity contribution < 1.29 is 28.5 Å². The zero-order chi connectivity index (χ0) is 25.0. The number of nitrogen functional groups attached to an aromatic ring is 1. The lowest BCUT2D eigenvalue weighted by Crippen LogP contribution is -2.37. The van der Waals surface area contributed by atoms with Gasteiger partial charge in [0.2, 0.25) is 17.6 Å². The molecule has 0 saturated carbocycles. The number of rotatable bonds is 10. The highest BCUT2D eigenvalue weighted by molar-refractivity contribution is 5.81. The maximum Gasteiger partial charge on any atom is 0.234 e. The average Bonchev–Trinajstić information content (AvgIpc) is 2.80. The molecule has 0 unspecified atom stereocenters. The summed E-state index contributed by atoms with van der Waals surface area (Å²) in [6.45, 7) is 0. The van der Waals surface area contributed by atoms with Crippen LogP contribution in [0.15, 0.2) is 30.3 Å². The van der Waals surface area contributed by atoms with Crippen molar-refractivity contribution in [2.45, 2.75) is 18.9 Å². The molecule has 0 heterocycles. The summed E-state index contributed by atoms with van der Waals surface area (Å²) in [6, 6.07) is 8.63. The van der Waals surface area contributed by atoms with Crippen molar-refractivity contribution in [3.05, 3.63) is 41.5 Å². The van der Waals surface area contributed by atoms with Gasteiger partial charge in [-0.2, -0.15) is 0 Å². The molecular weight excluding hydrogens is 428 g/mol. The standard InChI is InChI=1S/C18H21NO4.C5H11N3O2/c1-20-15-8-7-12(9-14(15)19)5-6-13-10-16(21-2)18(23-4)17(11-13)22-3;6-3(5(8)10)1-2-4(7)9/h5-11H,19H2,1-4H3;3H,1-2,6H2,(H2,7,9)(H2,8,10)/b6-5-;/t;3-/m.1/s1. The lowest BCUT2D eigenvalue weighted by molar-refractivity contribution is -0.120. The number of methoxy groups -OCH3 is 4. The zero-order valence-electron chi connectivity index (χ0n) is 19.3. The van der Waals surface area contributed by atoms with E-state index in [1.54, 1.807) is 28.4 Å². The number of primary amides is 2. The minimum absolute atomic E-state index is 0.101. The lowest BCUT2D eigenvalue weighted by atomic mass is 10.1. The van der Waals surface area contributed by atoms with Crippen molar-refractivity contribution in [2.24, 2.45) is 17.2 Å². The van der Waals surface area contributed by atoms with Crippen LogP contribution in [0.1, 0.15) is 24.0 Å². The van der Waals surface area contributed by atoms with Gasteiger partial charge < -0.3 is 41.9 Å². The Morgan fingerprint density at radius 2 is 1.39 bits per heavy atom. The van der Waals surface area contributed by atoms with Crippen LogP contribution >= 0.6 is 0 Å². The van der Waals surface area contributed by atoms with Crippen molar-refractivity contribution >= 4 is 29.7 Å². The highest BCUT2D eigenvalue weighted by atomic mass is 16.5. The number of hydrogen-bond acceptors (Lipinski definition) is 8. The summed E-state index contributed by atoms with van der Waals surface area (Å²) in [7, 11) is 6.36. The van der Waals surface area contributed by atoms with Crippen molar-refractivity contribution in [3.8, 4) is 23.0 Å². The van der Waals surface area contributed by atoms with Crippen molar-refractivity contribution in [1.82, 2.24) is 0 Å². The fourth-order valence-corrected chi connectivity index (χ4v) is 2.69. The van der Waals surface area contributed by atoms with Crippen LogP contribution in [0.5, 0.6) is 23.0 Å². The second-order valence-electron chi connectivity index (χ2n) is 6.81. The number of carbonyl (C=O) groups excluding carboxylic acids is 2. The summed E-state index contributed by atoms with van der Waals surface area (Å²) in [5.41, 5.74) is 23.2. The van der Waals surface area contributed by atoms with Crippen LogP contribution in [0.2, 0.25) is 0 Å². The minimum Gasteiger partial charge on any atom is -0.495 e. The maximum atomic E-state index is 10.3. The molecule has 0 aliphatic carbocycles. The molecule has 0 saturated heterocycles. The van der Waals surface area contributed by atoms with Crippen molar-refractivity contribution in [2.75, 3.05) is 34.2 Å². The number of nitrogens with two attached hydrogens (primary N) is 4. The molecule has 1 atom stereocenters. The maximum absolute atomic E-state index is 10.3. The first-order valence-electron chi connectivity index (χ1n) is 9.91. The summed E-state index contributed by atoms with van der Waals surface area (Å²) < 4.78 is 21.2. The fourth-order valence-electron chi connectivity index (χ4n) is 2.69. The number of ether oxygens (including phenoxy) is 4. The number of hydrogen-bond donors (Lipinski definition) is 4. The second-order valence-corrected chi connectivity index (χ2v) is 6.81. The fraction of sp³-hybridized carbons (Fsp3) is 0.304. The highest BCUT2D eigenvalue weighted by Gasteiger charge is 2.12. The number of benzene rings is 2. The summed E-state index contributed by atoms with van der Waals surface area (Å²) in [5.74, 6) is 1.37. The normalized spacial score (nSPS) is 11.2. The molecule has 8 N–H and O–H groups in total. The molecular formula is C23H32N4O6. The van der Waals surface area contributed by atoms with E-state index in [4.69, 9.17) is 41.9 Å². The van der Waals surface area contributed by atoms with Crippen LogP contribution in [0.4, 0.5) is 5.69 Å². The summed E-state index contributed by atoms with van der Waals surface area (Å²) in [5, 5.41) is 0. The van der Waals surface area contributed by atoms with E-state index in [-0.39, 0.29) is 12.8 Å². The number of amides is 2. The van der Waals surface area contributed by atoms with Crippen LogP contribution in [-0.4, -0.2) is 46.3 Å². The Hall–Kier alpha value is -3.92. The van der Waals surface area contributed by atoms with Gasteiger partial charge in [-0.1, -0.05) is 18.2 Å². The summed E-state index contributed by atoms with van der Waals surface area (Å²) in [4.78, 5) is 20.4. The van der Waals surface area contributed by atoms with E-state index in [1.807, 2.05) is 42.5 Å². The SMILES string of the molecule is COc1ccc(/C=C\c2cc(OC)c(OC)c(OC)c2)cc1N.NC(=O)CC[C@@H](N)C(N)=O. The number of anilines is 1. The number of carbonyl (C=O) groups is 2. The molecule has 0 bridgehead atoms. The Bertz CT molecular complexity index is 952. The van der Waals surface area contributed by atoms with Gasteiger partial charge >= 0.3 is 0 Å². The predicted octanol–water partition coefficient (Wildman–Crippen LogP) is 1.54. The van der Waals surface area contributed by atoms with Crippen LogP contribution in [-0.2, 0) is 9.59 Å². The van der Waals surface area contributed by atoms with E-state index in [0.717, 1.165) is 11.1 Å². The minimum atomic E-state index is -0.757. The van der Waals surface area contributed by atoms with Gasteiger partial charge in [0.15, 0.2) is 11.5 Å². The third-order valence-corrected chi connectivity index (χ3v) is 4.48. The van der Waals surface area contributed by atoms with Gasteiger partial charge in [-0.15, -0.1) is 0 Å². The lowest BCUT2D eigenvalue weighted by Gasteiger charge is -2.12. The second kappa shape index (κ2) is 13.5. The molecule has 0 aliphatic rings. The third kappa shape index (κ3) is 8.62. The topological polar surface area (TPSA) is 175 Å². The van der Waals surface area contributed by atoms with E-state index >= 15 is 0 Å². The van der Waals surface area contributed by atoms with Gasteiger partial charge in [0.1, 0.15) is 5.75 Å². The van der Waals surface area contributed by atoms with Crippen molar-refractivity contribution in [3.63, 3.8) is 0 Å². The smallest absolute Gasteiger partial charge is 0.234 e. The molecule has 0 spiro atoms. The van der Waals surface area contributed by atoms with Gasteiger partial charge in [-0.05, 0) is 41.8 Å². The van der Waals surface area contributed by atoms with E-state index in [0.29, 0.717) is 28.7 Å². The van der Waals surface area contributed by atoms with E-state index in [1.165, 1.54) is 0 Å². The molecule has 10 nitrogen and oxygen atoms in total. The van der Waals surface area contributed by atoms with Crippen molar-refractivity contribution in [1.29, 1.82) is 0 Å². The van der Waals surface area contributed by atoms with E-state index in [9.17, 15) is 9.59 Å². The molecule has 2 amide bonds. The van der Waals surface area contributed by atoms with Crippen LogP contribution < -0.4 is 41.9 Å². The van der Waals surface area contributed by atoms with Gasteiger partial charge in [-0.25, -0.2) is 0 Å². The zero-order valence-corrected chi connectivity index (χ0v) is 19.3. The summed E-state index contributed by atoms with van der Waals surface area (Å²) in [6.07, 6.45) is 4.23.